The summed E-state index contributed by atoms with van der Waals surface area (Å²) in [5.74, 6) is -1.08. The number of hydrogen-bond acceptors (Lipinski definition) is 9. The lowest BCUT2D eigenvalue weighted by molar-refractivity contribution is -0.758. The number of fused-ring (bicyclic) bond motifs is 2. The van der Waals surface area contributed by atoms with Crippen LogP contribution in [0.5, 0.6) is 5.75 Å². The second kappa shape index (κ2) is 17.2. The number of aromatic nitrogens is 1. The van der Waals surface area contributed by atoms with Gasteiger partial charge in [-0.1, -0.05) is 38.1 Å². The van der Waals surface area contributed by atoms with Crippen molar-refractivity contribution >= 4 is 46.7 Å². The Morgan fingerprint density at radius 3 is 2.64 bits per heavy atom. The van der Waals surface area contributed by atoms with Gasteiger partial charge in [0.25, 0.3) is 11.8 Å². The number of pyridine rings is 1. The zero-order chi connectivity index (χ0) is 41.2. The average molecular weight is 834 g/mol. The summed E-state index contributed by atoms with van der Waals surface area (Å²) in [6, 6.07) is 15.6. The molecule has 7 rings (SSSR count). The molecule has 5 heterocycles. The van der Waals surface area contributed by atoms with Crippen LogP contribution in [-0.4, -0.2) is 81.0 Å². The zero-order valence-corrected chi connectivity index (χ0v) is 35.0. The standard InChI is InChI=1S/C42H50FN6O7PS/c1-5-19-55-41(52)28(3)46-57(54,56-32-9-7-6-8-10-32)26-29-12-14-36-30(20-29)21-37(58-36)39(50)45-35-13-11-27(2)22-42(4)17-15-38(48(42)40(35)51)49(53)47-24-31(25-47)33-23-44-18-16-34(33)43/h6-10,12,14,16,18,20-21,23,27-28,31,35,38H,5,11,13,15,17,19,22,24-26H2,1-4H3,(H-,45,46,50,54)/p+1/t27-,28+,35+,38-,42-,57?/m1/s1. The molecule has 3 saturated heterocycles. The van der Waals surface area contributed by atoms with Crippen LogP contribution in [-0.2, 0) is 25.1 Å². The Hall–Kier alpha value is -4.72. The lowest BCUT2D eigenvalue weighted by Crippen LogP contribution is -2.63. The van der Waals surface area contributed by atoms with Gasteiger partial charge in [-0.25, -0.2) is 9.48 Å². The maximum atomic E-state index is 14.5. The second-order valence-corrected chi connectivity index (χ2v) is 19.3. The van der Waals surface area contributed by atoms with Gasteiger partial charge in [0.1, 0.15) is 28.5 Å². The topological polar surface area (TPSA) is 150 Å². The molecule has 3 aliphatic heterocycles. The van der Waals surface area contributed by atoms with Gasteiger partial charge >= 0.3 is 19.7 Å². The molecule has 0 aliphatic carbocycles. The van der Waals surface area contributed by atoms with E-state index in [4.69, 9.17) is 9.26 Å². The fraction of sp³-hybridized carbons (Fsp3) is 0.476. The number of amides is 2. The number of thiophene rings is 1. The molecule has 6 atom stereocenters. The zero-order valence-electron chi connectivity index (χ0n) is 33.3. The fourth-order valence-electron chi connectivity index (χ4n) is 8.50. The maximum absolute atomic E-state index is 14.5. The van der Waals surface area contributed by atoms with Gasteiger partial charge in [0.05, 0.1) is 35.6 Å². The Labute approximate surface area is 341 Å². The van der Waals surface area contributed by atoms with Crippen LogP contribution < -0.4 is 14.9 Å². The quantitative estimate of drug-likeness (QED) is 0.0741. The summed E-state index contributed by atoms with van der Waals surface area (Å²) in [6.45, 7) is 8.56. The highest BCUT2D eigenvalue weighted by molar-refractivity contribution is 7.56. The van der Waals surface area contributed by atoms with Gasteiger partial charge in [-0.3, -0.25) is 28.8 Å². The number of nitroso groups, excluding NO2 is 1. The van der Waals surface area contributed by atoms with Crippen LogP contribution in [0.3, 0.4) is 0 Å². The number of nitrogens with zero attached hydrogens (tertiary/aromatic N) is 4. The van der Waals surface area contributed by atoms with Crippen molar-refractivity contribution in [1.29, 1.82) is 0 Å². The van der Waals surface area contributed by atoms with Crippen molar-refractivity contribution in [3.05, 3.63) is 99.8 Å². The van der Waals surface area contributed by atoms with Crippen LogP contribution >= 0.6 is 18.9 Å². The normalized spacial score (nSPS) is 23.9. The van der Waals surface area contributed by atoms with Gasteiger partial charge in [0.2, 0.25) is 0 Å². The number of carbonyl (C=O) groups excluding carboxylic acids is 3. The third-order valence-electron chi connectivity index (χ3n) is 11.4. The summed E-state index contributed by atoms with van der Waals surface area (Å²) < 4.78 is 40.9. The fourth-order valence-corrected chi connectivity index (χ4v) is 11.5. The first-order chi connectivity index (χ1) is 27.8. The van der Waals surface area contributed by atoms with E-state index in [2.05, 4.69) is 22.3 Å². The van der Waals surface area contributed by atoms with Crippen molar-refractivity contribution in [1.82, 2.24) is 25.3 Å². The number of benzene rings is 2. The number of ether oxygens (including phenoxy) is 1. The Balaban J connectivity index is 1.06. The number of hydrazine groups is 1. The van der Waals surface area contributed by atoms with Crippen LogP contribution in [0.1, 0.15) is 92.9 Å². The maximum Gasteiger partial charge on any atom is 0.323 e. The minimum absolute atomic E-state index is 0.0414. The number of esters is 1. The molecule has 2 amide bonds. The Morgan fingerprint density at radius 1 is 1.12 bits per heavy atom. The van der Waals surface area contributed by atoms with Crippen molar-refractivity contribution in [2.24, 2.45) is 5.92 Å². The van der Waals surface area contributed by atoms with E-state index in [1.54, 1.807) is 47.2 Å². The van der Waals surface area contributed by atoms with E-state index < -0.39 is 43.2 Å². The lowest BCUT2D eigenvalue weighted by atomic mass is 9.82. The van der Waals surface area contributed by atoms with Crippen LogP contribution in [0.15, 0.2) is 73.1 Å². The van der Waals surface area contributed by atoms with Gasteiger partial charge in [-0.15, -0.1) is 16.3 Å². The Morgan fingerprint density at radius 2 is 1.90 bits per heavy atom. The first kappa shape index (κ1) is 41.4. The van der Waals surface area contributed by atoms with Gasteiger partial charge in [0, 0.05) is 40.5 Å². The summed E-state index contributed by atoms with van der Waals surface area (Å²) in [5.41, 5.74) is 0.584. The summed E-state index contributed by atoms with van der Waals surface area (Å²) in [7, 11) is -3.71. The minimum Gasteiger partial charge on any atom is -0.465 e. The van der Waals surface area contributed by atoms with Crippen LogP contribution in [0.25, 0.3) is 10.1 Å². The summed E-state index contributed by atoms with van der Waals surface area (Å²) in [5, 5.41) is 8.29. The van der Waals surface area contributed by atoms with E-state index in [1.165, 1.54) is 29.8 Å². The molecule has 2 aromatic carbocycles. The largest absolute Gasteiger partial charge is 0.465 e. The molecule has 1 unspecified atom stereocenters. The monoisotopic (exact) mass is 833 g/mol. The molecule has 308 valence electrons. The highest BCUT2D eigenvalue weighted by atomic mass is 32.1. The minimum atomic E-state index is -3.71. The summed E-state index contributed by atoms with van der Waals surface area (Å²) in [6.07, 6.45) is 5.82. The highest BCUT2D eigenvalue weighted by Crippen LogP contribution is 2.48. The predicted molar refractivity (Wildman–Crippen MR) is 219 cm³/mol. The first-order valence-corrected chi connectivity index (χ1v) is 22.6. The number of nitrogens with one attached hydrogen (secondary N) is 2. The summed E-state index contributed by atoms with van der Waals surface area (Å²) in [4.78, 5) is 62.0. The van der Waals surface area contributed by atoms with E-state index in [0.29, 0.717) is 60.5 Å². The third kappa shape index (κ3) is 8.96. The molecule has 58 heavy (non-hydrogen) atoms. The van der Waals surface area contributed by atoms with Crippen LogP contribution in [0.2, 0.25) is 0 Å². The number of para-hydroxylation sites is 1. The summed E-state index contributed by atoms with van der Waals surface area (Å²) >= 11 is 1.28. The number of halogens is 1. The second-order valence-electron chi connectivity index (χ2n) is 16.1. The SMILES string of the molecule is CCCOC(=O)[C@H](C)NP(=O)(Cc1ccc2sc(C(=O)N[C@H]3CC[C@@H](C)C[C@@]4(C)CC[C@@H]([N+](=O)N5CC(c6cnccc6F)C5)N4C3=O)cc2c1)Oc1ccccc1. The third-order valence-corrected chi connectivity index (χ3v) is 14.6. The van der Waals surface area contributed by atoms with Crippen LogP contribution in [0, 0.1) is 16.6 Å². The molecule has 3 aliphatic rings. The molecule has 2 N–H and O–H groups in total. The molecular formula is C42H51FN6O7PS+. The Kier molecular flexibility index (Phi) is 12.3. The molecule has 0 bridgehead atoms. The number of hydrogen-bond donors (Lipinski definition) is 2. The Bertz CT molecular complexity index is 2220. The van der Waals surface area contributed by atoms with Crippen molar-refractivity contribution in [3.63, 3.8) is 0 Å². The molecular weight excluding hydrogens is 783 g/mol. The van der Waals surface area contributed by atoms with Crippen molar-refractivity contribution < 1.29 is 37.5 Å². The lowest BCUT2D eigenvalue weighted by Gasteiger charge is -2.42. The number of carbonyl (C=O) groups is 3. The van der Waals surface area contributed by atoms with Crippen molar-refractivity contribution in [2.45, 2.75) is 102 Å². The van der Waals surface area contributed by atoms with Gasteiger partial charge in [-0.2, -0.15) is 0 Å². The molecule has 0 saturated carbocycles. The molecule has 3 fully saturated rings. The molecule has 0 spiro atoms. The van der Waals surface area contributed by atoms with Crippen molar-refractivity contribution in [2.75, 3.05) is 19.7 Å². The van der Waals surface area contributed by atoms with E-state index in [-0.39, 0.29) is 36.3 Å². The van der Waals surface area contributed by atoms with Gasteiger partial charge in [-0.05, 0) is 99.2 Å². The molecule has 13 nitrogen and oxygen atoms in total. The smallest absolute Gasteiger partial charge is 0.323 e. The highest BCUT2D eigenvalue weighted by Gasteiger charge is 2.57. The van der Waals surface area contributed by atoms with E-state index in [9.17, 15) is 28.2 Å². The van der Waals surface area contributed by atoms with E-state index in [1.807, 2.05) is 38.1 Å². The van der Waals surface area contributed by atoms with E-state index >= 15 is 0 Å². The van der Waals surface area contributed by atoms with Crippen molar-refractivity contribution in [3.8, 4) is 5.75 Å². The van der Waals surface area contributed by atoms with E-state index in [0.717, 1.165) is 27.8 Å². The predicted octanol–water partition coefficient (Wildman–Crippen LogP) is 7.56. The molecule has 16 heteroatoms. The average Bonchev–Trinajstić information content (AvgIpc) is 3.75. The molecule has 4 aromatic rings. The van der Waals surface area contributed by atoms with Gasteiger partial charge in [0.15, 0.2) is 0 Å². The first-order valence-electron chi connectivity index (χ1n) is 20.0. The molecule has 0 radical (unpaired) electrons. The number of rotatable bonds is 14. The molecule has 2 aromatic heterocycles. The van der Waals surface area contributed by atoms with Crippen LogP contribution in [0.4, 0.5) is 4.39 Å². The van der Waals surface area contributed by atoms with Gasteiger partial charge < -0.3 is 14.6 Å².